The number of Topliss-reactive ketones (excluding diaryl/α,β-unsaturated/α-hetero) is 1. The van der Waals surface area contributed by atoms with E-state index in [1.165, 1.54) is 10.3 Å². The standard InChI is InChI=1S/C16H19N3O4S/c1-2-23-16(22)12-10-24-15(18-12)11(8-17)13(20)9-19-7-5-3-4-6-14(19)21/h10-11H,2-7,9H2,1H3/t11-/m0/s1. The fourth-order valence-corrected chi connectivity index (χ4v) is 3.32. The normalized spacial score (nSPS) is 16.2. The second-order valence-electron chi connectivity index (χ2n) is 5.45. The molecule has 0 saturated carbocycles. The summed E-state index contributed by atoms with van der Waals surface area (Å²) in [5.41, 5.74) is 0.0933. The number of likely N-dealkylation sites (tertiary alicyclic amines) is 1. The number of hydrogen-bond donors (Lipinski definition) is 0. The van der Waals surface area contributed by atoms with E-state index in [2.05, 4.69) is 4.98 Å². The molecule has 24 heavy (non-hydrogen) atoms. The Hall–Kier alpha value is -2.27. The SMILES string of the molecule is CCOC(=O)c1csc([C@@H](C#N)C(=O)CN2CCCCCC2=O)n1. The Morgan fingerprint density at radius 1 is 1.46 bits per heavy atom. The Labute approximate surface area is 144 Å². The van der Waals surface area contributed by atoms with Crippen molar-refractivity contribution in [3.63, 3.8) is 0 Å². The fraction of sp³-hybridized carbons (Fsp3) is 0.562. The van der Waals surface area contributed by atoms with Gasteiger partial charge in [-0.1, -0.05) is 6.42 Å². The summed E-state index contributed by atoms with van der Waals surface area (Å²) >= 11 is 1.07. The predicted molar refractivity (Wildman–Crippen MR) is 86.5 cm³/mol. The van der Waals surface area contributed by atoms with Crippen LogP contribution in [0.15, 0.2) is 5.38 Å². The topological polar surface area (TPSA) is 100 Å². The lowest BCUT2D eigenvalue weighted by molar-refractivity contribution is -0.135. The zero-order chi connectivity index (χ0) is 17.5. The summed E-state index contributed by atoms with van der Waals surface area (Å²) in [6, 6.07) is 1.93. The first-order valence-electron chi connectivity index (χ1n) is 7.89. The predicted octanol–water partition coefficient (Wildman–Crippen LogP) is 1.90. The maximum absolute atomic E-state index is 12.4. The van der Waals surface area contributed by atoms with E-state index >= 15 is 0 Å². The number of carbonyl (C=O) groups excluding carboxylic acids is 3. The van der Waals surface area contributed by atoms with Crippen LogP contribution in [0.1, 0.15) is 54.0 Å². The number of carbonyl (C=O) groups is 3. The third-order valence-corrected chi connectivity index (χ3v) is 4.63. The lowest BCUT2D eigenvalue weighted by Gasteiger charge is -2.20. The Morgan fingerprint density at radius 3 is 2.96 bits per heavy atom. The number of nitriles is 1. The second kappa shape index (κ2) is 8.55. The van der Waals surface area contributed by atoms with Crippen molar-refractivity contribution in [3.8, 4) is 6.07 Å². The summed E-state index contributed by atoms with van der Waals surface area (Å²) in [5, 5.41) is 11.1. The minimum atomic E-state index is -1.07. The highest BCUT2D eigenvalue weighted by atomic mass is 32.1. The van der Waals surface area contributed by atoms with E-state index in [-0.39, 0.29) is 35.5 Å². The summed E-state index contributed by atoms with van der Waals surface area (Å²) in [5.74, 6) is -2.08. The molecule has 0 unspecified atom stereocenters. The molecule has 128 valence electrons. The Balaban J connectivity index is 2.07. The molecule has 1 fully saturated rings. The van der Waals surface area contributed by atoms with Crippen LogP contribution < -0.4 is 0 Å². The number of amides is 1. The number of hydrogen-bond acceptors (Lipinski definition) is 7. The number of aromatic nitrogens is 1. The molecule has 2 heterocycles. The van der Waals surface area contributed by atoms with Crippen LogP contribution in [0, 0.1) is 11.3 Å². The molecule has 1 aromatic heterocycles. The molecule has 0 aromatic carbocycles. The van der Waals surface area contributed by atoms with Crippen LogP contribution in [0.3, 0.4) is 0 Å². The first-order valence-corrected chi connectivity index (χ1v) is 8.77. The van der Waals surface area contributed by atoms with Gasteiger partial charge in [0.1, 0.15) is 5.01 Å². The third kappa shape index (κ3) is 4.38. The Bertz CT molecular complexity index is 665. The van der Waals surface area contributed by atoms with Crippen molar-refractivity contribution in [1.29, 1.82) is 5.26 Å². The number of ketones is 1. The monoisotopic (exact) mass is 349 g/mol. The van der Waals surface area contributed by atoms with Crippen molar-refractivity contribution in [2.24, 2.45) is 0 Å². The number of esters is 1. The number of nitrogens with zero attached hydrogens (tertiary/aromatic N) is 3. The van der Waals surface area contributed by atoms with Gasteiger partial charge in [-0.3, -0.25) is 9.59 Å². The molecule has 0 radical (unpaired) electrons. The lowest BCUT2D eigenvalue weighted by atomic mass is 10.1. The maximum atomic E-state index is 12.4. The van der Waals surface area contributed by atoms with Gasteiger partial charge in [-0.15, -0.1) is 11.3 Å². The molecule has 0 N–H and O–H groups in total. The van der Waals surface area contributed by atoms with E-state index < -0.39 is 11.9 Å². The summed E-state index contributed by atoms with van der Waals surface area (Å²) in [6.45, 7) is 2.36. The van der Waals surface area contributed by atoms with Gasteiger partial charge in [-0.25, -0.2) is 9.78 Å². The molecule has 1 aliphatic heterocycles. The van der Waals surface area contributed by atoms with Gasteiger partial charge in [0.05, 0.1) is 19.2 Å². The van der Waals surface area contributed by atoms with E-state index in [1.54, 1.807) is 6.92 Å². The molecule has 1 aromatic rings. The summed E-state index contributed by atoms with van der Waals surface area (Å²) in [4.78, 5) is 41.6. The number of thiazole rings is 1. The van der Waals surface area contributed by atoms with Crippen molar-refractivity contribution in [1.82, 2.24) is 9.88 Å². The zero-order valence-electron chi connectivity index (χ0n) is 13.5. The highest BCUT2D eigenvalue weighted by Crippen LogP contribution is 2.22. The minimum Gasteiger partial charge on any atom is -0.461 e. The Kier molecular flexibility index (Phi) is 6.44. The molecule has 8 heteroatoms. The molecular weight excluding hydrogens is 330 g/mol. The quantitative estimate of drug-likeness (QED) is 0.727. The van der Waals surface area contributed by atoms with Gasteiger partial charge in [0.2, 0.25) is 5.91 Å². The molecule has 2 rings (SSSR count). The van der Waals surface area contributed by atoms with Crippen molar-refractivity contribution < 1.29 is 19.1 Å². The van der Waals surface area contributed by atoms with Crippen LogP contribution in [-0.2, 0) is 14.3 Å². The molecular formula is C16H19N3O4S. The first kappa shape index (κ1) is 18.1. The largest absolute Gasteiger partial charge is 0.461 e. The number of ether oxygens (including phenoxy) is 1. The van der Waals surface area contributed by atoms with Crippen LogP contribution in [0.4, 0.5) is 0 Å². The van der Waals surface area contributed by atoms with Crippen LogP contribution in [-0.4, -0.2) is 47.2 Å². The maximum Gasteiger partial charge on any atom is 0.357 e. The van der Waals surface area contributed by atoms with Crippen LogP contribution in [0.2, 0.25) is 0 Å². The third-order valence-electron chi connectivity index (χ3n) is 3.72. The molecule has 0 aliphatic carbocycles. The molecule has 1 amide bonds. The van der Waals surface area contributed by atoms with E-state index in [1.807, 2.05) is 6.07 Å². The van der Waals surface area contributed by atoms with Gasteiger partial charge >= 0.3 is 5.97 Å². The van der Waals surface area contributed by atoms with Crippen LogP contribution in [0.5, 0.6) is 0 Å². The summed E-state index contributed by atoms with van der Waals surface area (Å²) < 4.78 is 4.85. The number of rotatable bonds is 6. The summed E-state index contributed by atoms with van der Waals surface area (Å²) in [6.07, 6.45) is 3.10. The lowest BCUT2D eigenvalue weighted by Crippen LogP contribution is -2.36. The summed E-state index contributed by atoms with van der Waals surface area (Å²) in [7, 11) is 0. The fourth-order valence-electron chi connectivity index (χ4n) is 2.47. The highest BCUT2D eigenvalue weighted by Gasteiger charge is 2.28. The second-order valence-corrected chi connectivity index (χ2v) is 6.34. The van der Waals surface area contributed by atoms with E-state index in [0.29, 0.717) is 13.0 Å². The molecule has 7 nitrogen and oxygen atoms in total. The van der Waals surface area contributed by atoms with Crippen molar-refractivity contribution >= 4 is 29.0 Å². The molecule has 1 atom stereocenters. The van der Waals surface area contributed by atoms with E-state index in [9.17, 15) is 19.6 Å². The smallest absolute Gasteiger partial charge is 0.357 e. The highest BCUT2D eigenvalue weighted by molar-refractivity contribution is 7.10. The molecule has 1 saturated heterocycles. The van der Waals surface area contributed by atoms with Crippen molar-refractivity contribution in [3.05, 3.63) is 16.1 Å². The van der Waals surface area contributed by atoms with Gasteiger partial charge in [0, 0.05) is 18.3 Å². The van der Waals surface area contributed by atoms with Crippen molar-refractivity contribution in [2.75, 3.05) is 19.7 Å². The van der Waals surface area contributed by atoms with Crippen molar-refractivity contribution in [2.45, 2.75) is 38.5 Å². The van der Waals surface area contributed by atoms with Gasteiger partial charge in [-0.2, -0.15) is 5.26 Å². The van der Waals surface area contributed by atoms with Gasteiger partial charge in [0.25, 0.3) is 0 Å². The molecule has 1 aliphatic rings. The minimum absolute atomic E-state index is 0.0520. The van der Waals surface area contributed by atoms with Gasteiger partial charge in [0.15, 0.2) is 17.4 Å². The van der Waals surface area contributed by atoms with Gasteiger partial charge < -0.3 is 9.64 Å². The Morgan fingerprint density at radius 2 is 2.25 bits per heavy atom. The average Bonchev–Trinajstić information content (AvgIpc) is 2.95. The van der Waals surface area contributed by atoms with E-state index in [0.717, 1.165) is 30.6 Å². The molecule has 0 spiro atoms. The van der Waals surface area contributed by atoms with Crippen LogP contribution >= 0.6 is 11.3 Å². The van der Waals surface area contributed by atoms with Crippen LogP contribution in [0.25, 0.3) is 0 Å². The van der Waals surface area contributed by atoms with E-state index in [4.69, 9.17) is 4.74 Å². The molecule has 0 bridgehead atoms. The zero-order valence-corrected chi connectivity index (χ0v) is 14.3. The van der Waals surface area contributed by atoms with Gasteiger partial charge in [-0.05, 0) is 19.8 Å². The first-order chi connectivity index (χ1) is 11.6. The average molecular weight is 349 g/mol.